The molecule has 3 aromatic heterocycles. The highest BCUT2D eigenvalue weighted by Gasteiger charge is 2.05. The fourth-order valence-corrected chi connectivity index (χ4v) is 1.66. The Hall–Kier alpha value is -2.41. The van der Waals surface area contributed by atoms with Crippen molar-refractivity contribution in [1.29, 1.82) is 5.26 Å². The predicted molar refractivity (Wildman–Crippen MR) is 55.2 cm³/mol. The van der Waals surface area contributed by atoms with Crippen LogP contribution in [0.1, 0.15) is 5.69 Å². The summed E-state index contributed by atoms with van der Waals surface area (Å²) in [6.45, 7) is 0. The molecule has 0 unspecified atom stereocenters. The minimum absolute atomic E-state index is 0.526. The lowest BCUT2D eigenvalue weighted by atomic mass is 10.2. The van der Waals surface area contributed by atoms with E-state index in [-0.39, 0.29) is 0 Å². The lowest BCUT2D eigenvalue weighted by Gasteiger charge is -1.98. The lowest BCUT2D eigenvalue weighted by molar-refractivity contribution is 1.16. The minimum atomic E-state index is 0.526. The Kier molecular flexibility index (Phi) is 1.48. The largest absolute Gasteiger partial charge is 0.289 e. The topological polar surface area (TPSA) is 54.0 Å². The molecule has 0 aliphatic heterocycles. The fourth-order valence-electron chi connectivity index (χ4n) is 1.66. The van der Waals surface area contributed by atoms with Crippen molar-refractivity contribution in [3.05, 3.63) is 42.5 Å². The Balaban J connectivity index is 2.57. The minimum Gasteiger partial charge on any atom is -0.289 e. The quantitative estimate of drug-likeness (QED) is 0.547. The number of aromatic nitrogens is 3. The molecular formula is C11H6N4. The van der Waals surface area contributed by atoms with Gasteiger partial charge in [-0.1, -0.05) is 6.07 Å². The molecule has 15 heavy (non-hydrogen) atoms. The number of fused-ring (bicyclic) bond motifs is 3. The summed E-state index contributed by atoms with van der Waals surface area (Å²) in [5.74, 6) is 0. The summed E-state index contributed by atoms with van der Waals surface area (Å²) < 4.78 is 1.75. The van der Waals surface area contributed by atoms with Crippen LogP contribution >= 0.6 is 0 Å². The van der Waals surface area contributed by atoms with E-state index in [0.29, 0.717) is 5.69 Å². The Labute approximate surface area is 85.4 Å². The molecule has 0 saturated heterocycles. The maximum Gasteiger partial charge on any atom is 0.164 e. The van der Waals surface area contributed by atoms with E-state index in [0.717, 1.165) is 16.6 Å². The summed E-state index contributed by atoms with van der Waals surface area (Å²) in [6.07, 6.45) is 5.12. The summed E-state index contributed by atoms with van der Waals surface area (Å²) in [5.41, 5.74) is 2.07. The van der Waals surface area contributed by atoms with Gasteiger partial charge in [-0.2, -0.15) is 5.26 Å². The molecule has 3 heterocycles. The van der Waals surface area contributed by atoms with Crippen molar-refractivity contribution in [2.24, 2.45) is 0 Å². The maximum atomic E-state index is 8.87. The van der Waals surface area contributed by atoms with Crippen LogP contribution in [0, 0.1) is 11.3 Å². The zero-order valence-corrected chi connectivity index (χ0v) is 7.75. The van der Waals surface area contributed by atoms with Crippen molar-refractivity contribution < 1.29 is 0 Å². The molecule has 4 nitrogen and oxygen atoms in total. The second kappa shape index (κ2) is 2.79. The van der Waals surface area contributed by atoms with Gasteiger partial charge in [0, 0.05) is 17.8 Å². The summed E-state index contributed by atoms with van der Waals surface area (Å²) in [6, 6.07) is 7.87. The van der Waals surface area contributed by atoms with Gasteiger partial charge in [0.15, 0.2) is 5.65 Å². The van der Waals surface area contributed by atoms with Gasteiger partial charge in [0.25, 0.3) is 0 Å². The maximum absolute atomic E-state index is 8.87. The van der Waals surface area contributed by atoms with E-state index < -0.39 is 0 Å². The standard InChI is InChI=1S/C11H6N4/c12-6-9-7-14-11-10-8(2-1-4-13-10)3-5-15(9)11/h1-5,7H. The third-order valence-electron chi connectivity index (χ3n) is 2.37. The molecule has 0 amide bonds. The zero-order valence-electron chi connectivity index (χ0n) is 7.75. The van der Waals surface area contributed by atoms with Gasteiger partial charge in [-0.3, -0.25) is 9.38 Å². The highest BCUT2D eigenvalue weighted by molar-refractivity contribution is 5.90. The highest BCUT2D eigenvalue weighted by atomic mass is 15.0. The third kappa shape index (κ3) is 1.00. The normalized spacial score (nSPS) is 10.6. The van der Waals surface area contributed by atoms with Crippen molar-refractivity contribution in [2.75, 3.05) is 0 Å². The van der Waals surface area contributed by atoms with Crippen LogP contribution in [0.15, 0.2) is 36.8 Å². The summed E-state index contributed by atoms with van der Waals surface area (Å²) >= 11 is 0. The molecule has 0 saturated carbocycles. The second-order valence-corrected chi connectivity index (χ2v) is 3.21. The zero-order chi connectivity index (χ0) is 10.3. The van der Waals surface area contributed by atoms with E-state index in [4.69, 9.17) is 5.26 Å². The molecule has 4 heteroatoms. The molecule has 0 radical (unpaired) electrons. The fraction of sp³-hybridized carbons (Fsp3) is 0. The monoisotopic (exact) mass is 194 g/mol. The van der Waals surface area contributed by atoms with Crippen molar-refractivity contribution in [3.8, 4) is 6.07 Å². The molecule has 0 fully saturated rings. The SMILES string of the molecule is N#Cc1cnc2c3ncccc3ccn12. The summed E-state index contributed by atoms with van der Waals surface area (Å²) in [5, 5.41) is 9.89. The molecule has 3 rings (SSSR count). The number of imidazole rings is 1. The Bertz CT molecular complexity index is 690. The van der Waals surface area contributed by atoms with Crippen molar-refractivity contribution in [3.63, 3.8) is 0 Å². The van der Waals surface area contributed by atoms with Gasteiger partial charge < -0.3 is 0 Å². The van der Waals surface area contributed by atoms with E-state index in [1.165, 1.54) is 0 Å². The van der Waals surface area contributed by atoms with Crippen molar-refractivity contribution in [2.45, 2.75) is 0 Å². The molecule has 0 spiro atoms. The number of hydrogen-bond acceptors (Lipinski definition) is 3. The van der Waals surface area contributed by atoms with Crippen LogP contribution in [0.4, 0.5) is 0 Å². The first kappa shape index (κ1) is 7.94. The van der Waals surface area contributed by atoms with Crippen LogP contribution in [-0.2, 0) is 0 Å². The first-order valence-corrected chi connectivity index (χ1v) is 4.51. The van der Waals surface area contributed by atoms with Gasteiger partial charge in [-0.15, -0.1) is 0 Å². The molecule has 0 bridgehead atoms. The molecule has 0 aliphatic carbocycles. The first-order valence-electron chi connectivity index (χ1n) is 4.51. The van der Waals surface area contributed by atoms with E-state index in [1.807, 2.05) is 24.4 Å². The number of nitriles is 1. The number of nitrogens with zero attached hydrogens (tertiary/aromatic N) is 4. The smallest absolute Gasteiger partial charge is 0.164 e. The highest BCUT2D eigenvalue weighted by Crippen LogP contribution is 2.17. The third-order valence-corrected chi connectivity index (χ3v) is 2.37. The van der Waals surface area contributed by atoms with Gasteiger partial charge in [-0.25, -0.2) is 4.98 Å². The van der Waals surface area contributed by atoms with Gasteiger partial charge in [0.2, 0.25) is 0 Å². The number of rotatable bonds is 0. The molecule has 3 aromatic rings. The van der Waals surface area contributed by atoms with Crippen LogP contribution in [-0.4, -0.2) is 14.4 Å². The van der Waals surface area contributed by atoms with E-state index >= 15 is 0 Å². The Morgan fingerprint density at radius 2 is 2.20 bits per heavy atom. The Morgan fingerprint density at radius 1 is 1.27 bits per heavy atom. The van der Waals surface area contributed by atoms with Crippen LogP contribution in [0.3, 0.4) is 0 Å². The Morgan fingerprint density at radius 3 is 3.07 bits per heavy atom. The predicted octanol–water partition coefficient (Wildman–Crippen LogP) is 1.75. The number of pyridine rings is 2. The van der Waals surface area contributed by atoms with Gasteiger partial charge in [0.05, 0.1) is 6.20 Å². The molecule has 0 aliphatic rings. The molecule has 0 N–H and O–H groups in total. The van der Waals surface area contributed by atoms with E-state index in [2.05, 4.69) is 16.0 Å². The summed E-state index contributed by atoms with van der Waals surface area (Å²) in [7, 11) is 0. The molecule has 0 atom stereocenters. The number of hydrogen-bond donors (Lipinski definition) is 0. The molecular weight excluding hydrogens is 188 g/mol. The van der Waals surface area contributed by atoms with E-state index in [1.54, 1.807) is 16.8 Å². The van der Waals surface area contributed by atoms with Crippen molar-refractivity contribution >= 4 is 16.6 Å². The van der Waals surface area contributed by atoms with Crippen LogP contribution in [0.25, 0.3) is 16.6 Å². The average Bonchev–Trinajstić information content (AvgIpc) is 2.72. The van der Waals surface area contributed by atoms with Crippen molar-refractivity contribution in [1.82, 2.24) is 14.4 Å². The van der Waals surface area contributed by atoms with Crippen LogP contribution in [0.2, 0.25) is 0 Å². The lowest BCUT2D eigenvalue weighted by Crippen LogP contribution is -1.89. The van der Waals surface area contributed by atoms with Gasteiger partial charge >= 0.3 is 0 Å². The van der Waals surface area contributed by atoms with Gasteiger partial charge in [0.1, 0.15) is 17.3 Å². The molecule has 0 aromatic carbocycles. The van der Waals surface area contributed by atoms with Crippen LogP contribution < -0.4 is 0 Å². The van der Waals surface area contributed by atoms with Crippen LogP contribution in [0.5, 0.6) is 0 Å². The first-order chi connectivity index (χ1) is 7.40. The average molecular weight is 194 g/mol. The van der Waals surface area contributed by atoms with Gasteiger partial charge in [-0.05, 0) is 12.1 Å². The molecule has 70 valence electrons. The summed E-state index contributed by atoms with van der Waals surface area (Å²) in [4.78, 5) is 8.46. The second-order valence-electron chi connectivity index (χ2n) is 3.21. The van der Waals surface area contributed by atoms with E-state index in [9.17, 15) is 0 Å².